The number of carbonyl (C=O) groups excluding carboxylic acids is 3. The van der Waals surface area contributed by atoms with Crippen LogP contribution in [0.3, 0.4) is 0 Å². The van der Waals surface area contributed by atoms with E-state index in [4.69, 9.17) is 0 Å². The van der Waals surface area contributed by atoms with Gasteiger partial charge in [-0.25, -0.2) is 0 Å². The van der Waals surface area contributed by atoms with Gasteiger partial charge in [-0.3, -0.25) is 19.1 Å². The lowest BCUT2D eigenvalue weighted by Crippen LogP contribution is -2.28. The fourth-order valence-electron chi connectivity index (χ4n) is 3.05. The van der Waals surface area contributed by atoms with Crippen molar-refractivity contribution in [1.29, 1.82) is 0 Å². The van der Waals surface area contributed by atoms with Gasteiger partial charge in [0.1, 0.15) is 5.69 Å². The van der Waals surface area contributed by atoms with E-state index in [1.165, 1.54) is 10.9 Å². The molecule has 0 aliphatic rings. The highest BCUT2D eigenvalue weighted by molar-refractivity contribution is 6.18. The van der Waals surface area contributed by atoms with Crippen molar-refractivity contribution in [2.45, 2.75) is 20.3 Å². The van der Waals surface area contributed by atoms with Gasteiger partial charge in [-0.15, -0.1) is 0 Å². The number of ketones is 1. The maximum absolute atomic E-state index is 13.0. The summed E-state index contributed by atoms with van der Waals surface area (Å²) in [5, 5.41) is 9.58. The molecule has 0 fully saturated rings. The minimum Gasteiger partial charge on any atom is -0.351 e. The van der Waals surface area contributed by atoms with Crippen molar-refractivity contribution in [1.82, 2.24) is 15.1 Å². The first-order valence-electron chi connectivity index (χ1n) is 9.74. The summed E-state index contributed by atoms with van der Waals surface area (Å²) < 4.78 is 1.41. The average molecular weight is 404 g/mol. The predicted molar refractivity (Wildman–Crippen MR) is 115 cm³/mol. The summed E-state index contributed by atoms with van der Waals surface area (Å²) >= 11 is 0. The van der Waals surface area contributed by atoms with Crippen LogP contribution in [-0.4, -0.2) is 33.9 Å². The van der Waals surface area contributed by atoms with Crippen LogP contribution in [0, 0.1) is 6.92 Å². The number of aryl methyl sites for hydroxylation is 2. The van der Waals surface area contributed by atoms with Gasteiger partial charge in [0.25, 0.3) is 11.8 Å². The number of hydrogen-bond donors (Lipinski definition) is 2. The van der Waals surface area contributed by atoms with Crippen LogP contribution in [0.5, 0.6) is 0 Å². The van der Waals surface area contributed by atoms with Crippen LogP contribution in [0.4, 0.5) is 5.69 Å². The molecule has 0 radical (unpaired) electrons. The molecule has 7 nitrogen and oxygen atoms in total. The van der Waals surface area contributed by atoms with Crippen LogP contribution in [0.2, 0.25) is 0 Å². The lowest BCUT2D eigenvalue weighted by Gasteiger charge is -2.11. The van der Waals surface area contributed by atoms with Gasteiger partial charge in [0.2, 0.25) is 0 Å². The lowest BCUT2D eigenvalue weighted by atomic mass is 9.97. The molecule has 0 aliphatic carbocycles. The molecule has 1 heterocycles. The molecule has 2 amide bonds. The quantitative estimate of drug-likeness (QED) is 0.591. The summed E-state index contributed by atoms with van der Waals surface area (Å²) in [4.78, 5) is 38.4. The van der Waals surface area contributed by atoms with Gasteiger partial charge in [0, 0.05) is 24.7 Å². The second-order valence-electron chi connectivity index (χ2n) is 6.98. The Morgan fingerprint density at radius 2 is 1.63 bits per heavy atom. The number of amides is 2. The molecule has 0 aliphatic heterocycles. The molecule has 1 aromatic heterocycles. The van der Waals surface area contributed by atoms with Crippen LogP contribution < -0.4 is 10.6 Å². The second kappa shape index (κ2) is 9.17. The summed E-state index contributed by atoms with van der Waals surface area (Å²) in [5.41, 5.74) is 2.60. The molecule has 3 aromatic rings. The van der Waals surface area contributed by atoms with E-state index in [2.05, 4.69) is 15.7 Å². The largest absolute Gasteiger partial charge is 0.351 e. The number of rotatable bonds is 7. The van der Waals surface area contributed by atoms with Crippen molar-refractivity contribution >= 4 is 23.3 Å². The number of anilines is 1. The zero-order valence-corrected chi connectivity index (χ0v) is 17.2. The summed E-state index contributed by atoms with van der Waals surface area (Å²) in [6.07, 6.45) is 2.21. The van der Waals surface area contributed by atoms with Gasteiger partial charge < -0.3 is 10.6 Å². The van der Waals surface area contributed by atoms with E-state index < -0.39 is 5.91 Å². The van der Waals surface area contributed by atoms with Crippen molar-refractivity contribution in [3.05, 3.63) is 82.7 Å². The topological polar surface area (TPSA) is 93.1 Å². The Morgan fingerprint density at radius 1 is 0.967 bits per heavy atom. The molecule has 3 rings (SSSR count). The van der Waals surface area contributed by atoms with Crippen LogP contribution in [-0.2, 0) is 7.05 Å². The van der Waals surface area contributed by atoms with E-state index in [-0.39, 0.29) is 28.6 Å². The van der Waals surface area contributed by atoms with Gasteiger partial charge in [-0.05, 0) is 19.4 Å². The number of aromatic nitrogens is 2. The number of nitrogens with zero attached hydrogens (tertiary/aromatic N) is 2. The van der Waals surface area contributed by atoms with Crippen molar-refractivity contribution in [2.24, 2.45) is 7.05 Å². The van der Waals surface area contributed by atoms with Crippen molar-refractivity contribution < 1.29 is 14.4 Å². The van der Waals surface area contributed by atoms with Crippen molar-refractivity contribution in [3.63, 3.8) is 0 Å². The third kappa shape index (κ3) is 4.46. The Balaban J connectivity index is 1.88. The van der Waals surface area contributed by atoms with Gasteiger partial charge in [0.15, 0.2) is 5.78 Å². The maximum atomic E-state index is 13.0. The Kier molecular flexibility index (Phi) is 6.41. The fourth-order valence-corrected chi connectivity index (χ4v) is 3.05. The first-order valence-corrected chi connectivity index (χ1v) is 9.74. The van der Waals surface area contributed by atoms with E-state index in [1.807, 2.05) is 26.0 Å². The first-order chi connectivity index (χ1) is 14.4. The number of carbonyl (C=O) groups is 3. The van der Waals surface area contributed by atoms with E-state index in [9.17, 15) is 14.4 Å². The molecule has 0 saturated carbocycles. The molecule has 0 atom stereocenters. The average Bonchev–Trinajstić information content (AvgIpc) is 3.12. The van der Waals surface area contributed by atoms with Crippen LogP contribution in [0.1, 0.15) is 55.7 Å². The molecule has 0 bridgehead atoms. The summed E-state index contributed by atoms with van der Waals surface area (Å²) in [7, 11) is 1.63. The molecule has 0 unspecified atom stereocenters. The first kappa shape index (κ1) is 21.0. The molecule has 2 aromatic carbocycles. The van der Waals surface area contributed by atoms with E-state index >= 15 is 0 Å². The zero-order valence-electron chi connectivity index (χ0n) is 17.2. The van der Waals surface area contributed by atoms with E-state index in [1.54, 1.807) is 43.4 Å². The minimum atomic E-state index is -0.483. The zero-order chi connectivity index (χ0) is 21.7. The smallest absolute Gasteiger partial charge is 0.271 e. The molecule has 7 heteroatoms. The monoisotopic (exact) mass is 404 g/mol. The van der Waals surface area contributed by atoms with E-state index in [0.717, 1.165) is 12.0 Å². The molecule has 0 saturated heterocycles. The van der Waals surface area contributed by atoms with Crippen molar-refractivity contribution in [3.8, 4) is 0 Å². The SMILES string of the molecule is CCCNC(=O)c1c(NC(=O)c2ccccc2C(=O)c2ccc(C)cc2)cnn1C. The highest BCUT2D eigenvalue weighted by Gasteiger charge is 2.22. The molecule has 2 N–H and O–H groups in total. The number of nitrogens with one attached hydrogen (secondary N) is 2. The van der Waals surface area contributed by atoms with Crippen LogP contribution in [0.15, 0.2) is 54.7 Å². The normalized spacial score (nSPS) is 10.5. The molecule has 0 spiro atoms. The van der Waals surface area contributed by atoms with Gasteiger partial charge >= 0.3 is 0 Å². The molecule has 154 valence electrons. The molecular formula is C23H24N4O3. The Morgan fingerprint density at radius 3 is 2.30 bits per heavy atom. The summed E-state index contributed by atoms with van der Waals surface area (Å²) in [5.74, 6) is -1.05. The molecule has 30 heavy (non-hydrogen) atoms. The number of benzene rings is 2. The Labute approximate surface area is 175 Å². The third-order valence-electron chi connectivity index (χ3n) is 4.67. The van der Waals surface area contributed by atoms with Crippen LogP contribution in [0.25, 0.3) is 0 Å². The number of hydrogen-bond acceptors (Lipinski definition) is 4. The summed E-state index contributed by atoms with van der Waals surface area (Å²) in [6, 6.07) is 13.8. The highest BCUT2D eigenvalue weighted by atomic mass is 16.2. The second-order valence-corrected chi connectivity index (χ2v) is 6.98. The standard InChI is InChI=1S/C23H24N4O3/c1-4-13-24-23(30)20-19(14-25-27(20)3)26-22(29)18-8-6-5-7-17(18)21(28)16-11-9-15(2)10-12-16/h5-12,14H,4,13H2,1-3H3,(H,24,30)(H,26,29). The van der Waals surface area contributed by atoms with E-state index in [0.29, 0.717) is 17.7 Å². The Bertz CT molecular complexity index is 1080. The lowest BCUT2D eigenvalue weighted by molar-refractivity contribution is 0.0944. The summed E-state index contributed by atoms with van der Waals surface area (Å²) in [6.45, 7) is 4.41. The van der Waals surface area contributed by atoms with Gasteiger partial charge in [0.05, 0.1) is 17.4 Å². The predicted octanol–water partition coefficient (Wildman–Crippen LogP) is 3.35. The minimum absolute atomic E-state index is 0.229. The fraction of sp³-hybridized carbons (Fsp3) is 0.217. The van der Waals surface area contributed by atoms with Gasteiger partial charge in [-0.2, -0.15) is 5.10 Å². The van der Waals surface area contributed by atoms with Crippen LogP contribution >= 0.6 is 0 Å². The highest BCUT2D eigenvalue weighted by Crippen LogP contribution is 2.19. The third-order valence-corrected chi connectivity index (χ3v) is 4.67. The van der Waals surface area contributed by atoms with Gasteiger partial charge in [-0.1, -0.05) is 55.0 Å². The Hall–Kier alpha value is -3.74. The van der Waals surface area contributed by atoms with Crippen molar-refractivity contribution in [2.75, 3.05) is 11.9 Å². The maximum Gasteiger partial charge on any atom is 0.271 e. The molecular weight excluding hydrogens is 380 g/mol.